The molecule has 0 aliphatic carbocycles. The van der Waals surface area contributed by atoms with E-state index >= 15 is 0 Å². The van der Waals surface area contributed by atoms with Crippen molar-refractivity contribution in [1.29, 1.82) is 5.26 Å². The first kappa shape index (κ1) is 11.4. The molecule has 4 nitrogen and oxygen atoms in total. The largest absolute Gasteiger partial charge is 0.477 e. The third kappa shape index (κ3) is 1.90. The van der Waals surface area contributed by atoms with Gasteiger partial charge in [0.2, 0.25) is 0 Å². The van der Waals surface area contributed by atoms with Crippen molar-refractivity contribution in [3.05, 3.63) is 34.4 Å². The summed E-state index contributed by atoms with van der Waals surface area (Å²) in [6, 6.07) is 1.68. The standard InChI is InChI=1S/C10H10N2O2S/c1-4-12-6(2)7(3)15-9(12)8(5-11)10(13)14/h2-4H2,1H3,(H,13,14)/b9-8-. The number of carboxylic acids is 1. The molecule has 0 saturated carbocycles. The number of thioether (sulfide) groups is 1. The van der Waals surface area contributed by atoms with Gasteiger partial charge in [0.05, 0.1) is 0 Å². The lowest BCUT2D eigenvalue weighted by atomic mass is 10.3. The predicted octanol–water partition coefficient (Wildman–Crippen LogP) is 1.90. The maximum atomic E-state index is 10.8. The van der Waals surface area contributed by atoms with Crippen molar-refractivity contribution in [3.63, 3.8) is 0 Å². The zero-order valence-electron chi connectivity index (χ0n) is 8.28. The summed E-state index contributed by atoms with van der Waals surface area (Å²) in [5, 5.41) is 18.0. The van der Waals surface area contributed by atoms with Crippen molar-refractivity contribution in [2.45, 2.75) is 6.92 Å². The van der Waals surface area contributed by atoms with Crippen LogP contribution in [0.2, 0.25) is 0 Å². The molecule has 0 bridgehead atoms. The topological polar surface area (TPSA) is 64.3 Å². The Labute approximate surface area is 92.2 Å². The lowest BCUT2D eigenvalue weighted by Gasteiger charge is -2.17. The van der Waals surface area contributed by atoms with Gasteiger partial charge in [0, 0.05) is 17.1 Å². The van der Waals surface area contributed by atoms with Crippen molar-refractivity contribution in [1.82, 2.24) is 4.90 Å². The number of carboxylic acid groups (broad SMARTS) is 1. The summed E-state index contributed by atoms with van der Waals surface area (Å²) in [6.07, 6.45) is 0. The highest BCUT2D eigenvalue weighted by Gasteiger charge is 2.29. The maximum absolute atomic E-state index is 10.8. The number of carbonyl (C=O) groups is 1. The van der Waals surface area contributed by atoms with Gasteiger partial charge in [-0.3, -0.25) is 0 Å². The Morgan fingerprint density at radius 2 is 2.27 bits per heavy atom. The van der Waals surface area contributed by atoms with E-state index in [2.05, 4.69) is 13.2 Å². The monoisotopic (exact) mass is 222 g/mol. The molecule has 1 N–H and O–H groups in total. The van der Waals surface area contributed by atoms with E-state index < -0.39 is 5.97 Å². The van der Waals surface area contributed by atoms with Crippen LogP contribution in [0.3, 0.4) is 0 Å². The van der Waals surface area contributed by atoms with Crippen LogP contribution in [0.15, 0.2) is 34.4 Å². The molecule has 0 aromatic rings. The minimum Gasteiger partial charge on any atom is -0.477 e. The van der Waals surface area contributed by atoms with Gasteiger partial charge < -0.3 is 10.0 Å². The molecular formula is C10H10N2O2S. The summed E-state index contributed by atoms with van der Waals surface area (Å²) in [5.74, 6) is -1.22. The van der Waals surface area contributed by atoms with E-state index in [-0.39, 0.29) is 5.57 Å². The van der Waals surface area contributed by atoms with Gasteiger partial charge in [0.1, 0.15) is 11.1 Å². The first-order valence-corrected chi connectivity index (χ1v) is 5.05. The van der Waals surface area contributed by atoms with Crippen LogP contribution in [-0.2, 0) is 4.79 Å². The van der Waals surface area contributed by atoms with E-state index in [1.807, 2.05) is 6.92 Å². The van der Waals surface area contributed by atoms with Crippen LogP contribution in [0.4, 0.5) is 0 Å². The number of nitrogens with zero attached hydrogens (tertiary/aromatic N) is 2. The Morgan fingerprint density at radius 1 is 1.67 bits per heavy atom. The second-order valence-electron chi connectivity index (χ2n) is 2.81. The lowest BCUT2D eigenvalue weighted by Crippen LogP contribution is -2.17. The number of nitriles is 1. The number of aliphatic carboxylic acids is 1. The molecule has 5 heteroatoms. The summed E-state index contributed by atoms with van der Waals surface area (Å²) < 4.78 is 0. The average molecular weight is 222 g/mol. The van der Waals surface area contributed by atoms with E-state index in [9.17, 15) is 4.79 Å². The molecule has 0 unspecified atom stereocenters. The lowest BCUT2D eigenvalue weighted by molar-refractivity contribution is -0.132. The van der Waals surface area contributed by atoms with E-state index in [0.29, 0.717) is 22.2 Å². The normalized spacial score (nSPS) is 19.1. The molecule has 0 radical (unpaired) electrons. The van der Waals surface area contributed by atoms with Crippen LogP contribution in [0.5, 0.6) is 0 Å². The molecule has 1 aliphatic rings. The fourth-order valence-electron chi connectivity index (χ4n) is 1.21. The summed E-state index contributed by atoms with van der Waals surface area (Å²) >= 11 is 1.18. The minimum absolute atomic E-state index is 0.262. The number of hydrogen-bond donors (Lipinski definition) is 1. The van der Waals surface area contributed by atoms with Gasteiger partial charge in [-0.2, -0.15) is 5.26 Å². The first-order valence-electron chi connectivity index (χ1n) is 4.24. The smallest absolute Gasteiger partial charge is 0.349 e. The second kappa shape index (κ2) is 4.24. The zero-order chi connectivity index (χ0) is 11.6. The third-order valence-corrected chi connectivity index (χ3v) is 3.07. The van der Waals surface area contributed by atoms with E-state index in [1.54, 1.807) is 11.0 Å². The summed E-state index contributed by atoms with van der Waals surface area (Å²) in [5.41, 5.74) is 0.396. The van der Waals surface area contributed by atoms with Crippen LogP contribution in [0.1, 0.15) is 6.92 Å². The van der Waals surface area contributed by atoms with Gasteiger partial charge in [0.15, 0.2) is 5.57 Å². The molecular weight excluding hydrogens is 212 g/mol. The molecule has 1 heterocycles. The Bertz CT molecular complexity index is 418. The molecule has 1 fully saturated rings. The molecule has 0 amide bonds. The van der Waals surface area contributed by atoms with E-state index in [0.717, 1.165) is 0 Å². The minimum atomic E-state index is -1.22. The van der Waals surface area contributed by atoms with Gasteiger partial charge in [-0.25, -0.2) is 4.79 Å². The van der Waals surface area contributed by atoms with E-state index in [1.165, 1.54) is 11.8 Å². The second-order valence-corrected chi connectivity index (χ2v) is 3.90. The van der Waals surface area contributed by atoms with Crippen molar-refractivity contribution in [3.8, 4) is 6.07 Å². The van der Waals surface area contributed by atoms with Crippen molar-refractivity contribution < 1.29 is 9.90 Å². The fraction of sp³-hybridized carbons (Fsp3) is 0.200. The molecule has 0 aromatic heterocycles. The molecule has 1 rings (SSSR count). The predicted molar refractivity (Wildman–Crippen MR) is 58.5 cm³/mol. The molecule has 1 saturated heterocycles. The van der Waals surface area contributed by atoms with Crippen LogP contribution in [0.25, 0.3) is 0 Å². The van der Waals surface area contributed by atoms with Crippen LogP contribution in [-0.4, -0.2) is 22.5 Å². The van der Waals surface area contributed by atoms with Crippen molar-refractivity contribution in [2.24, 2.45) is 0 Å². The summed E-state index contributed by atoms with van der Waals surface area (Å²) in [6.45, 7) is 9.96. The highest BCUT2D eigenvalue weighted by atomic mass is 32.2. The third-order valence-electron chi connectivity index (χ3n) is 1.97. The van der Waals surface area contributed by atoms with Crippen molar-refractivity contribution >= 4 is 17.7 Å². The van der Waals surface area contributed by atoms with Gasteiger partial charge in [-0.1, -0.05) is 24.9 Å². The molecule has 0 spiro atoms. The highest BCUT2D eigenvalue weighted by molar-refractivity contribution is 8.07. The fourth-order valence-corrected chi connectivity index (χ4v) is 2.26. The molecule has 1 aliphatic heterocycles. The summed E-state index contributed by atoms with van der Waals surface area (Å²) in [4.78, 5) is 13.2. The molecule has 0 atom stereocenters. The van der Waals surface area contributed by atoms with Crippen LogP contribution in [0, 0.1) is 11.3 Å². The molecule has 15 heavy (non-hydrogen) atoms. The van der Waals surface area contributed by atoms with Gasteiger partial charge in [0.25, 0.3) is 0 Å². The molecule has 78 valence electrons. The Hall–Kier alpha value is -1.67. The first-order chi connectivity index (χ1) is 7.02. The summed E-state index contributed by atoms with van der Waals surface area (Å²) in [7, 11) is 0. The van der Waals surface area contributed by atoms with E-state index in [4.69, 9.17) is 10.4 Å². The van der Waals surface area contributed by atoms with Gasteiger partial charge >= 0.3 is 5.97 Å². The van der Waals surface area contributed by atoms with Crippen LogP contribution < -0.4 is 0 Å². The van der Waals surface area contributed by atoms with Gasteiger partial charge in [-0.05, 0) is 6.92 Å². The Morgan fingerprint density at radius 3 is 2.67 bits per heavy atom. The zero-order valence-corrected chi connectivity index (χ0v) is 9.10. The Kier molecular flexibility index (Phi) is 3.22. The van der Waals surface area contributed by atoms with Gasteiger partial charge in [-0.15, -0.1) is 0 Å². The molecule has 0 aromatic carbocycles. The number of likely N-dealkylation sites (N-methyl/N-ethyl adjacent to an activating group) is 1. The highest BCUT2D eigenvalue weighted by Crippen LogP contribution is 2.43. The SMILES string of the molecule is C=C1S/C(=C(/C#N)C(=O)O)N(CC)C1=C. The maximum Gasteiger partial charge on any atom is 0.349 e. The van der Waals surface area contributed by atoms with Crippen molar-refractivity contribution in [2.75, 3.05) is 6.54 Å². The Balaban J connectivity index is 3.27. The quantitative estimate of drug-likeness (QED) is 0.571. The number of hydrogen-bond acceptors (Lipinski definition) is 4. The average Bonchev–Trinajstić information content (AvgIpc) is 2.44. The van der Waals surface area contributed by atoms with Crippen LogP contribution >= 0.6 is 11.8 Å². The number of rotatable bonds is 2.